The average molecular weight is 354 g/mol. The number of Topliss-reactive ketones (excluding diaryl/α,β-unsaturated/α-hetero) is 1. The third-order valence-corrected chi connectivity index (χ3v) is 4.78. The lowest BCUT2D eigenvalue weighted by atomic mass is 10.0. The third-order valence-electron chi connectivity index (χ3n) is 3.89. The molecule has 1 amide bonds. The van der Waals surface area contributed by atoms with E-state index in [-0.39, 0.29) is 11.7 Å². The largest absolute Gasteiger partial charge is 0.354 e. The van der Waals surface area contributed by atoms with Crippen molar-refractivity contribution in [1.82, 2.24) is 15.2 Å². The second-order valence-electron chi connectivity index (χ2n) is 5.62. The monoisotopic (exact) mass is 354 g/mol. The molecule has 2 heterocycles. The van der Waals surface area contributed by atoms with Crippen LogP contribution < -0.4 is 5.32 Å². The predicted molar refractivity (Wildman–Crippen MR) is 98.2 cm³/mol. The van der Waals surface area contributed by atoms with E-state index in [1.54, 1.807) is 6.92 Å². The van der Waals surface area contributed by atoms with Crippen molar-refractivity contribution in [2.24, 2.45) is 0 Å². The third kappa shape index (κ3) is 3.36. The first-order valence-corrected chi connectivity index (χ1v) is 8.75. The first-order chi connectivity index (χ1) is 12.0. The first kappa shape index (κ1) is 17.0. The molecule has 3 aromatic rings. The summed E-state index contributed by atoms with van der Waals surface area (Å²) >= 11 is 1.30. The molecule has 0 aliphatic carbocycles. The van der Waals surface area contributed by atoms with Crippen molar-refractivity contribution in [2.75, 3.05) is 5.32 Å². The van der Waals surface area contributed by atoms with Crippen molar-refractivity contribution >= 4 is 28.2 Å². The van der Waals surface area contributed by atoms with Crippen molar-refractivity contribution in [3.8, 4) is 10.6 Å². The van der Waals surface area contributed by atoms with Gasteiger partial charge in [0.25, 0.3) is 5.91 Å². The molecule has 0 aliphatic heterocycles. The molecule has 0 saturated heterocycles. The molecule has 2 N–H and O–H groups in total. The number of ketones is 1. The Balaban J connectivity index is 1.85. The Morgan fingerprint density at radius 2 is 1.92 bits per heavy atom. The number of rotatable bonds is 5. The van der Waals surface area contributed by atoms with Gasteiger partial charge in [-0.25, -0.2) is 0 Å². The van der Waals surface area contributed by atoms with Crippen LogP contribution in [-0.2, 0) is 6.42 Å². The van der Waals surface area contributed by atoms with Gasteiger partial charge in [0, 0.05) is 16.8 Å². The number of aromatic amines is 1. The lowest BCUT2D eigenvalue weighted by Gasteiger charge is -2.03. The number of carbonyl (C=O) groups is 2. The fourth-order valence-corrected chi connectivity index (χ4v) is 3.58. The molecular weight excluding hydrogens is 336 g/mol. The first-order valence-electron chi connectivity index (χ1n) is 7.94. The number of nitrogens with zero attached hydrogens (tertiary/aromatic N) is 2. The molecule has 1 aromatic carbocycles. The highest BCUT2D eigenvalue weighted by Crippen LogP contribution is 2.27. The topological polar surface area (TPSA) is 87.7 Å². The molecule has 0 radical (unpaired) electrons. The normalized spacial score (nSPS) is 10.7. The molecule has 0 unspecified atom stereocenters. The molecular formula is C18H18N4O2S. The Hall–Kier alpha value is -2.80. The molecule has 0 bridgehead atoms. The zero-order valence-corrected chi connectivity index (χ0v) is 15.0. The van der Waals surface area contributed by atoms with Crippen LogP contribution in [0.5, 0.6) is 0 Å². The predicted octanol–water partition coefficient (Wildman–Crippen LogP) is 3.86. The summed E-state index contributed by atoms with van der Waals surface area (Å²) in [5, 5.41) is 12.1. The highest BCUT2D eigenvalue weighted by Gasteiger charge is 2.22. The molecule has 6 nitrogen and oxygen atoms in total. The van der Waals surface area contributed by atoms with Crippen LogP contribution in [0.15, 0.2) is 30.3 Å². The van der Waals surface area contributed by atoms with Crippen LogP contribution in [-0.4, -0.2) is 26.9 Å². The number of hydrogen-bond donors (Lipinski definition) is 2. The van der Waals surface area contributed by atoms with E-state index < -0.39 is 0 Å². The van der Waals surface area contributed by atoms with Crippen LogP contribution >= 0.6 is 11.3 Å². The summed E-state index contributed by atoms with van der Waals surface area (Å²) < 4.78 is 0. The van der Waals surface area contributed by atoms with E-state index in [0.29, 0.717) is 28.5 Å². The van der Waals surface area contributed by atoms with E-state index in [9.17, 15) is 9.59 Å². The van der Waals surface area contributed by atoms with Crippen molar-refractivity contribution < 1.29 is 9.59 Å². The van der Waals surface area contributed by atoms with Crippen molar-refractivity contribution in [2.45, 2.75) is 27.2 Å². The van der Waals surface area contributed by atoms with E-state index in [1.807, 2.05) is 37.3 Å². The van der Waals surface area contributed by atoms with Gasteiger partial charge < -0.3 is 4.98 Å². The van der Waals surface area contributed by atoms with Gasteiger partial charge in [0.05, 0.1) is 0 Å². The lowest BCUT2D eigenvalue weighted by molar-refractivity contribution is 0.101. The summed E-state index contributed by atoms with van der Waals surface area (Å²) in [6, 6.07) is 9.66. The minimum Gasteiger partial charge on any atom is -0.354 e. The van der Waals surface area contributed by atoms with Gasteiger partial charge in [0.15, 0.2) is 5.78 Å². The van der Waals surface area contributed by atoms with E-state index in [1.165, 1.54) is 18.3 Å². The van der Waals surface area contributed by atoms with Crippen LogP contribution in [0.1, 0.15) is 46.0 Å². The van der Waals surface area contributed by atoms with Gasteiger partial charge in [-0.2, -0.15) is 0 Å². The molecule has 3 rings (SSSR count). The summed E-state index contributed by atoms with van der Waals surface area (Å²) in [6.45, 7) is 5.23. The molecule has 0 atom stereocenters. The molecule has 128 valence electrons. The van der Waals surface area contributed by atoms with Crippen molar-refractivity contribution in [3.63, 3.8) is 0 Å². The van der Waals surface area contributed by atoms with Gasteiger partial charge in [-0.15, -0.1) is 10.2 Å². The number of anilines is 1. The zero-order valence-electron chi connectivity index (χ0n) is 14.2. The molecule has 2 aromatic heterocycles. The maximum Gasteiger partial charge on any atom is 0.274 e. The molecule has 0 saturated carbocycles. The number of hydrogen-bond acceptors (Lipinski definition) is 5. The Morgan fingerprint density at radius 3 is 2.56 bits per heavy atom. The van der Waals surface area contributed by atoms with Gasteiger partial charge >= 0.3 is 0 Å². The molecule has 0 spiro atoms. The smallest absolute Gasteiger partial charge is 0.274 e. The van der Waals surface area contributed by atoms with Gasteiger partial charge in [0.1, 0.15) is 10.7 Å². The number of carbonyl (C=O) groups excluding carboxylic acids is 2. The molecule has 7 heteroatoms. The average Bonchev–Trinajstić information content (AvgIpc) is 3.19. The van der Waals surface area contributed by atoms with Crippen molar-refractivity contribution in [1.29, 1.82) is 0 Å². The van der Waals surface area contributed by atoms with E-state index >= 15 is 0 Å². The quantitative estimate of drug-likeness (QED) is 0.681. The summed E-state index contributed by atoms with van der Waals surface area (Å²) in [6.07, 6.45) is 0.591. The number of benzene rings is 1. The zero-order chi connectivity index (χ0) is 18.0. The van der Waals surface area contributed by atoms with Crippen LogP contribution in [0.2, 0.25) is 0 Å². The summed E-state index contributed by atoms with van der Waals surface area (Å²) in [5.74, 6) is -0.366. The summed E-state index contributed by atoms with van der Waals surface area (Å²) in [7, 11) is 0. The molecule has 0 fully saturated rings. The van der Waals surface area contributed by atoms with Crippen LogP contribution in [0, 0.1) is 6.92 Å². The van der Waals surface area contributed by atoms with E-state index in [4.69, 9.17) is 0 Å². The minimum atomic E-state index is -0.316. The number of H-pyrrole nitrogens is 1. The number of amides is 1. The van der Waals surface area contributed by atoms with Crippen LogP contribution in [0.3, 0.4) is 0 Å². The minimum absolute atomic E-state index is 0.0491. The lowest BCUT2D eigenvalue weighted by Crippen LogP contribution is -2.14. The highest BCUT2D eigenvalue weighted by atomic mass is 32.1. The maximum atomic E-state index is 12.6. The molecule has 25 heavy (non-hydrogen) atoms. The van der Waals surface area contributed by atoms with Crippen molar-refractivity contribution in [3.05, 3.63) is 52.8 Å². The summed E-state index contributed by atoms with van der Waals surface area (Å²) in [4.78, 5) is 27.5. The van der Waals surface area contributed by atoms with Gasteiger partial charge in [-0.1, -0.05) is 48.6 Å². The SMILES string of the molecule is CCc1c(C(=O)Nc2nnc(-c3ccccc3)s2)[nH]c(C)c1C(C)=O. The summed E-state index contributed by atoms with van der Waals surface area (Å²) in [5.41, 5.74) is 3.38. The van der Waals surface area contributed by atoms with Gasteiger partial charge in [0.2, 0.25) is 5.13 Å². The Kier molecular flexibility index (Phi) is 4.76. The number of nitrogens with one attached hydrogen (secondary N) is 2. The molecule has 0 aliphatic rings. The van der Waals surface area contributed by atoms with E-state index in [2.05, 4.69) is 20.5 Å². The fourth-order valence-electron chi connectivity index (χ4n) is 2.83. The second kappa shape index (κ2) is 6.98. The van der Waals surface area contributed by atoms with Gasteiger partial charge in [-0.3, -0.25) is 14.9 Å². The fraction of sp³-hybridized carbons (Fsp3) is 0.222. The Bertz CT molecular complexity index is 928. The van der Waals surface area contributed by atoms with Gasteiger partial charge in [-0.05, 0) is 25.8 Å². The highest BCUT2D eigenvalue weighted by molar-refractivity contribution is 7.18. The Labute approximate surface area is 149 Å². The second-order valence-corrected chi connectivity index (χ2v) is 6.60. The Morgan fingerprint density at radius 1 is 1.20 bits per heavy atom. The standard InChI is InChI=1S/C18H18N4O2S/c1-4-13-14(11(3)23)10(2)19-15(13)16(24)20-18-22-21-17(25-18)12-8-6-5-7-9-12/h5-9,19H,4H2,1-3H3,(H,20,22,24). The maximum absolute atomic E-state index is 12.6. The van der Waals surface area contributed by atoms with E-state index in [0.717, 1.165) is 16.1 Å². The van der Waals surface area contributed by atoms with Crippen LogP contribution in [0.25, 0.3) is 10.6 Å². The number of aromatic nitrogens is 3. The van der Waals surface area contributed by atoms with Crippen LogP contribution in [0.4, 0.5) is 5.13 Å². The number of aryl methyl sites for hydroxylation is 1.